The molecule has 3 atom stereocenters. The lowest BCUT2D eigenvalue weighted by Gasteiger charge is -2.39. The summed E-state index contributed by atoms with van der Waals surface area (Å²) in [6.07, 6.45) is 8.41. The number of hydrogen-bond donors (Lipinski definition) is 0. The minimum Gasteiger partial charge on any atom is -0.453 e. The molecule has 2 fully saturated rings. The number of amides is 2. The number of methoxy groups -OCH3 is 1. The van der Waals surface area contributed by atoms with Gasteiger partial charge in [0.15, 0.2) is 0 Å². The minimum atomic E-state index is -0.182. The Kier molecular flexibility index (Phi) is 10.8. The van der Waals surface area contributed by atoms with Gasteiger partial charge < -0.3 is 19.4 Å². The van der Waals surface area contributed by atoms with Gasteiger partial charge >= 0.3 is 6.09 Å². The van der Waals surface area contributed by atoms with Crippen molar-refractivity contribution < 1.29 is 14.3 Å². The summed E-state index contributed by atoms with van der Waals surface area (Å²) >= 11 is 0. The summed E-state index contributed by atoms with van der Waals surface area (Å²) in [5.74, 6) is 1.03. The van der Waals surface area contributed by atoms with Gasteiger partial charge in [-0.05, 0) is 61.6 Å². The zero-order chi connectivity index (χ0) is 27.6. The first-order chi connectivity index (χ1) is 19.0. The van der Waals surface area contributed by atoms with Gasteiger partial charge in [0.2, 0.25) is 0 Å². The number of piperidine rings is 1. The lowest BCUT2D eigenvalue weighted by atomic mass is 9.88. The molecule has 4 rings (SSSR count). The highest BCUT2D eigenvalue weighted by molar-refractivity contribution is 5.94. The van der Waals surface area contributed by atoms with Crippen molar-refractivity contribution in [3.05, 3.63) is 71.8 Å². The van der Waals surface area contributed by atoms with Crippen LogP contribution >= 0.6 is 0 Å². The van der Waals surface area contributed by atoms with Crippen LogP contribution in [0.5, 0.6) is 0 Å². The van der Waals surface area contributed by atoms with E-state index < -0.39 is 0 Å². The van der Waals surface area contributed by atoms with Gasteiger partial charge in [-0.1, -0.05) is 74.7 Å². The van der Waals surface area contributed by atoms with Gasteiger partial charge in [-0.3, -0.25) is 4.79 Å². The molecule has 0 N–H and O–H groups in total. The molecule has 2 aliphatic rings. The topological polar surface area (TPSA) is 53.1 Å². The molecule has 212 valence electrons. The number of nitrogens with zero attached hydrogens (tertiary/aromatic N) is 3. The fourth-order valence-corrected chi connectivity index (χ4v) is 6.67. The fourth-order valence-electron chi connectivity index (χ4n) is 6.67. The molecule has 0 spiro atoms. The SMILES string of the molecule is CCCCCCN(C(=O)OC)C1CCN(C[C@H]2CC(N(C)C(=O)c3ccccc3)C[C@@H]2c2ccccc2)CC1. The van der Waals surface area contributed by atoms with Crippen LogP contribution in [0.2, 0.25) is 0 Å². The molecule has 1 heterocycles. The molecule has 1 aliphatic carbocycles. The zero-order valence-corrected chi connectivity index (χ0v) is 24.1. The molecule has 0 aromatic heterocycles. The van der Waals surface area contributed by atoms with Gasteiger partial charge in [-0.2, -0.15) is 0 Å². The van der Waals surface area contributed by atoms with Crippen LogP contribution in [-0.4, -0.2) is 79.1 Å². The first-order valence-electron chi connectivity index (χ1n) is 15.0. The van der Waals surface area contributed by atoms with E-state index in [1.807, 2.05) is 47.2 Å². The zero-order valence-electron chi connectivity index (χ0n) is 24.1. The van der Waals surface area contributed by atoms with Crippen molar-refractivity contribution in [1.82, 2.24) is 14.7 Å². The second-order valence-electron chi connectivity index (χ2n) is 11.4. The van der Waals surface area contributed by atoms with E-state index in [9.17, 15) is 9.59 Å². The Labute approximate surface area is 235 Å². The Hall–Kier alpha value is -2.86. The maximum absolute atomic E-state index is 13.2. The second-order valence-corrected chi connectivity index (χ2v) is 11.4. The number of carbonyl (C=O) groups excluding carboxylic acids is 2. The summed E-state index contributed by atoms with van der Waals surface area (Å²) in [5, 5.41) is 0. The summed E-state index contributed by atoms with van der Waals surface area (Å²) < 4.78 is 5.15. The number of unbranched alkanes of at least 4 members (excludes halogenated alkanes) is 3. The number of carbonyl (C=O) groups is 2. The van der Waals surface area contributed by atoms with Gasteiger partial charge in [0.05, 0.1) is 7.11 Å². The van der Waals surface area contributed by atoms with E-state index in [-0.39, 0.29) is 24.1 Å². The molecule has 0 radical (unpaired) electrons. The van der Waals surface area contributed by atoms with Crippen molar-refractivity contribution in [3.8, 4) is 0 Å². The smallest absolute Gasteiger partial charge is 0.409 e. The van der Waals surface area contributed by atoms with E-state index in [0.717, 1.165) is 70.3 Å². The minimum absolute atomic E-state index is 0.107. The number of rotatable bonds is 11. The summed E-state index contributed by atoms with van der Waals surface area (Å²) in [4.78, 5) is 32.3. The Morgan fingerprint density at radius 1 is 0.897 bits per heavy atom. The van der Waals surface area contributed by atoms with Crippen LogP contribution in [-0.2, 0) is 4.74 Å². The van der Waals surface area contributed by atoms with Gasteiger partial charge in [-0.15, -0.1) is 0 Å². The molecule has 6 heteroatoms. The Balaban J connectivity index is 1.38. The normalized spacial score (nSPS) is 22.0. The van der Waals surface area contributed by atoms with Gasteiger partial charge in [0.1, 0.15) is 0 Å². The molecule has 6 nitrogen and oxygen atoms in total. The molecular weight excluding hydrogens is 486 g/mol. The van der Waals surface area contributed by atoms with Crippen molar-refractivity contribution in [1.29, 1.82) is 0 Å². The summed E-state index contributed by atoms with van der Waals surface area (Å²) in [6, 6.07) is 21.0. The fraction of sp³-hybridized carbons (Fsp3) is 0.576. The number of likely N-dealkylation sites (tertiary alicyclic amines) is 1. The van der Waals surface area contributed by atoms with Crippen molar-refractivity contribution in [2.45, 2.75) is 76.3 Å². The monoisotopic (exact) mass is 533 g/mol. The third kappa shape index (κ3) is 7.63. The van der Waals surface area contributed by atoms with E-state index in [4.69, 9.17) is 4.74 Å². The average Bonchev–Trinajstić information content (AvgIpc) is 3.41. The molecule has 2 aromatic carbocycles. The molecule has 39 heavy (non-hydrogen) atoms. The Morgan fingerprint density at radius 2 is 1.56 bits per heavy atom. The largest absolute Gasteiger partial charge is 0.453 e. The van der Waals surface area contributed by atoms with E-state index in [1.54, 1.807) is 0 Å². The molecule has 2 aromatic rings. The van der Waals surface area contributed by atoms with Crippen LogP contribution in [0.4, 0.5) is 4.79 Å². The first kappa shape index (κ1) is 29.1. The third-order valence-electron chi connectivity index (χ3n) is 8.94. The van der Waals surface area contributed by atoms with Crippen LogP contribution in [0.25, 0.3) is 0 Å². The molecular formula is C33H47N3O3. The van der Waals surface area contributed by atoms with Gasteiger partial charge in [0, 0.05) is 50.9 Å². The number of hydrogen-bond acceptors (Lipinski definition) is 4. The predicted molar refractivity (Wildman–Crippen MR) is 157 cm³/mol. The highest BCUT2D eigenvalue weighted by Gasteiger charge is 2.40. The van der Waals surface area contributed by atoms with Crippen LogP contribution in [0, 0.1) is 5.92 Å². The second kappa shape index (κ2) is 14.5. The van der Waals surface area contributed by atoms with Crippen LogP contribution in [0.15, 0.2) is 60.7 Å². The van der Waals surface area contributed by atoms with Gasteiger partial charge in [0.25, 0.3) is 5.91 Å². The van der Waals surface area contributed by atoms with E-state index in [0.29, 0.717) is 11.8 Å². The molecule has 0 bridgehead atoms. The third-order valence-corrected chi connectivity index (χ3v) is 8.94. The average molecular weight is 534 g/mol. The quantitative estimate of drug-likeness (QED) is 0.312. The maximum atomic E-state index is 13.2. The summed E-state index contributed by atoms with van der Waals surface area (Å²) in [5.41, 5.74) is 2.14. The van der Waals surface area contributed by atoms with Gasteiger partial charge in [-0.25, -0.2) is 4.79 Å². The highest BCUT2D eigenvalue weighted by atomic mass is 16.5. The van der Waals surface area contributed by atoms with E-state index in [2.05, 4.69) is 42.2 Å². The van der Waals surface area contributed by atoms with E-state index in [1.165, 1.54) is 25.5 Å². The number of benzene rings is 2. The van der Waals surface area contributed by atoms with Crippen molar-refractivity contribution in [2.75, 3.05) is 40.3 Å². The molecule has 2 amide bonds. The summed E-state index contributed by atoms with van der Waals surface area (Å²) in [6.45, 7) is 6.02. The predicted octanol–water partition coefficient (Wildman–Crippen LogP) is 6.43. The lowest BCUT2D eigenvalue weighted by molar-refractivity contribution is 0.0696. The van der Waals surface area contributed by atoms with E-state index >= 15 is 0 Å². The van der Waals surface area contributed by atoms with Crippen molar-refractivity contribution >= 4 is 12.0 Å². The molecule has 1 saturated heterocycles. The number of ether oxygens (including phenoxy) is 1. The van der Waals surface area contributed by atoms with Crippen LogP contribution < -0.4 is 0 Å². The molecule has 1 saturated carbocycles. The summed E-state index contributed by atoms with van der Waals surface area (Å²) in [7, 11) is 3.47. The Morgan fingerprint density at radius 3 is 2.21 bits per heavy atom. The van der Waals surface area contributed by atoms with Crippen LogP contribution in [0.1, 0.15) is 80.1 Å². The molecule has 1 unspecified atom stereocenters. The maximum Gasteiger partial charge on any atom is 0.409 e. The first-order valence-corrected chi connectivity index (χ1v) is 15.0. The van der Waals surface area contributed by atoms with Crippen molar-refractivity contribution in [3.63, 3.8) is 0 Å². The highest BCUT2D eigenvalue weighted by Crippen LogP contribution is 2.42. The standard InChI is InChI=1S/C33H47N3O3/c1-4-5-6-13-20-36(33(38)39-3)29-18-21-35(22-19-29)25-28-23-30(24-31(28)26-14-9-7-10-15-26)34(2)32(37)27-16-11-8-12-17-27/h7-12,14-17,28-31H,4-6,13,18-25H2,1-3H3/t28-,30?,31-/m1/s1. The molecule has 1 aliphatic heterocycles. The van der Waals surface area contributed by atoms with Crippen molar-refractivity contribution in [2.24, 2.45) is 5.92 Å². The Bertz CT molecular complexity index is 1020. The van der Waals surface area contributed by atoms with Crippen LogP contribution in [0.3, 0.4) is 0 Å². The lowest BCUT2D eigenvalue weighted by Crippen LogP contribution is -2.48.